The highest BCUT2D eigenvalue weighted by Gasteiger charge is 2.38. The molecule has 3 rings (SSSR count). The molecular formula is C18H24N2O2. The van der Waals surface area contributed by atoms with Gasteiger partial charge in [-0.25, -0.2) is 0 Å². The molecule has 2 saturated heterocycles. The second kappa shape index (κ2) is 6.11. The van der Waals surface area contributed by atoms with E-state index in [9.17, 15) is 9.59 Å². The zero-order chi connectivity index (χ0) is 15.7. The quantitative estimate of drug-likeness (QED) is 0.860. The summed E-state index contributed by atoms with van der Waals surface area (Å²) in [6, 6.07) is 8.09. The van der Waals surface area contributed by atoms with Crippen LogP contribution >= 0.6 is 0 Å². The largest absolute Gasteiger partial charge is 0.342 e. The smallest absolute Gasteiger partial charge is 0.228 e. The summed E-state index contributed by atoms with van der Waals surface area (Å²) < 4.78 is 0. The maximum absolute atomic E-state index is 12.6. The van der Waals surface area contributed by atoms with Crippen LogP contribution in [0.1, 0.15) is 32.3 Å². The van der Waals surface area contributed by atoms with Crippen molar-refractivity contribution >= 4 is 17.5 Å². The fourth-order valence-electron chi connectivity index (χ4n) is 3.43. The Labute approximate surface area is 132 Å². The van der Waals surface area contributed by atoms with Crippen molar-refractivity contribution in [2.24, 2.45) is 11.8 Å². The topological polar surface area (TPSA) is 40.6 Å². The van der Waals surface area contributed by atoms with Crippen molar-refractivity contribution in [3.8, 4) is 0 Å². The zero-order valence-corrected chi connectivity index (χ0v) is 13.4. The summed E-state index contributed by atoms with van der Waals surface area (Å²) in [7, 11) is 0. The third kappa shape index (κ3) is 2.87. The fourth-order valence-corrected chi connectivity index (χ4v) is 3.43. The summed E-state index contributed by atoms with van der Waals surface area (Å²) in [6.45, 7) is 6.50. The van der Waals surface area contributed by atoms with E-state index in [1.165, 1.54) is 5.56 Å². The van der Waals surface area contributed by atoms with Crippen molar-refractivity contribution in [1.29, 1.82) is 0 Å². The van der Waals surface area contributed by atoms with Crippen LogP contribution in [0.4, 0.5) is 5.69 Å². The second-order valence-corrected chi connectivity index (χ2v) is 6.60. The van der Waals surface area contributed by atoms with E-state index in [1.807, 2.05) is 17.0 Å². The van der Waals surface area contributed by atoms with E-state index in [2.05, 4.69) is 26.0 Å². The lowest BCUT2D eigenvalue weighted by Gasteiger charge is -2.21. The molecule has 2 unspecified atom stereocenters. The number of carbonyl (C=O) groups excluding carboxylic acids is 2. The number of hydrogen-bond acceptors (Lipinski definition) is 2. The number of hydrogen-bond donors (Lipinski definition) is 0. The number of rotatable bonds is 3. The number of likely N-dealkylation sites (tertiary alicyclic amines) is 1. The van der Waals surface area contributed by atoms with Crippen LogP contribution in [0.15, 0.2) is 24.3 Å². The van der Waals surface area contributed by atoms with Crippen molar-refractivity contribution < 1.29 is 9.59 Å². The average molecular weight is 300 g/mol. The van der Waals surface area contributed by atoms with Crippen LogP contribution in [0, 0.1) is 11.8 Å². The van der Waals surface area contributed by atoms with Gasteiger partial charge in [0.25, 0.3) is 0 Å². The molecule has 1 aromatic carbocycles. The molecule has 22 heavy (non-hydrogen) atoms. The number of aryl methyl sites for hydroxylation is 1. The van der Waals surface area contributed by atoms with Gasteiger partial charge in [-0.1, -0.05) is 26.0 Å². The van der Waals surface area contributed by atoms with Crippen LogP contribution in [-0.2, 0) is 16.0 Å². The lowest BCUT2D eigenvalue weighted by molar-refractivity contribution is -0.134. The molecule has 0 bridgehead atoms. The van der Waals surface area contributed by atoms with E-state index in [0.29, 0.717) is 18.9 Å². The van der Waals surface area contributed by atoms with Crippen LogP contribution in [0.5, 0.6) is 0 Å². The van der Waals surface area contributed by atoms with E-state index in [0.717, 1.165) is 31.6 Å². The summed E-state index contributed by atoms with van der Waals surface area (Å²) in [5.74, 6) is 0.627. The summed E-state index contributed by atoms with van der Waals surface area (Å²) in [4.78, 5) is 28.5. The molecule has 2 aliphatic rings. The van der Waals surface area contributed by atoms with Crippen LogP contribution in [0.25, 0.3) is 0 Å². The minimum atomic E-state index is -0.177. The monoisotopic (exact) mass is 300 g/mol. The van der Waals surface area contributed by atoms with Crippen LogP contribution < -0.4 is 4.90 Å². The Morgan fingerprint density at radius 3 is 2.55 bits per heavy atom. The minimum Gasteiger partial charge on any atom is -0.342 e. The summed E-state index contributed by atoms with van der Waals surface area (Å²) in [5.41, 5.74) is 2.17. The molecule has 0 N–H and O–H groups in total. The van der Waals surface area contributed by atoms with E-state index in [4.69, 9.17) is 0 Å². The first-order valence-corrected chi connectivity index (χ1v) is 8.26. The molecule has 2 aliphatic heterocycles. The van der Waals surface area contributed by atoms with Crippen molar-refractivity contribution in [3.05, 3.63) is 29.8 Å². The van der Waals surface area contributed by atoms with Gasteiger partial charge in [-0.2, -0.15) is 0 Å². The number of nitrogens with zero attached hydrogens (tertiary/aromatic N) is 2. The van der Waals surface area contributed by atoms with Gasteiger partial charge >= 0.3 is 0 Å². The predicted octanol–water partition coefficient (Wildman–Crippen LogP) is 2.47. The van der Waals surface area contributed by atoms with Crippen molar-refractivity contribution in [3.63, 3.8) is 0 Å². The van der Waals surface area contributed by atoms with Gasteiger partial charge in [-0.05, 0) is 36.5 Å². The summed E-state index contributed by atoms with van der Waals surface area (Å²) in [5, 5.41) is 0. The predicted molar refractivity (Wildman–Crippen MR) is 86.6 cm³/mol. The van der Waals surface area contributed by atoms with Gasteiger partial charge in [0.15, 0.2) is 0 Å². The maximum Gasteiger partial charge on any atom is 0.228 e. The molecule has 2 fully saturated rings. The Balaban J connectivity index is 1.68. The maximum atomic E-state index is 12.6. The first-order valence-electron chi connectivity index (χ1n) is 8.26. The molecule has 0 saturated carbocycles. The highest BCUT2D eigenvalue weighted by Crippen LogP contribution is 2.28. The molecule has 4 heteroatoms. The molecule has 0 radical (unpaired) electrons. The first-order chi connectivity index (χ1) is 10.6. The molecule has 0 aromatic heterocycles. The number of amides is 2. The number of carbonyl (C=O) groups is 2. The lowest BCUT2D eigenvalue weighted by Crippen LogP contribution is -2.35. The number of benzene rings is 1. The molecular weight excluding hydrogens is 276 g/mol. The van der Waals surface area contributed by atoms with Crippen LogP contribution in [0.2, 0.25) is 0 Å². The van der Waals surface area contributed by atoms with Gasteiger partial charge in [-0.3, -0.25) is 9.59 Å². The number of anilines is 1. The molecule has 1 aromatic rings. The molecule has 0 spiro atoms. The Morgan fingerprint density at radius 1 is 1.23 bits per heavy atom. The van der Waals surface area contributed by atoms with Gasteiger partial charge < -0.3 is 9.80 Å². The Kier molecular flexibility index (Phi) is 4.19. The molecule has 118 valence electrons. The van der Waals surface area contributed by atoms with Crippen molar-refractivity contribution in [2.75, 3.05) is 24.5 Å². The van der Waals surface area contributed by atoms with Gasteiger partial charge in [0.1, 0.15) is 0 Å². The lowest BCUT2D eigenvalue weighted by atomic mass is 10.1. The SMILES string of the molecule is CCc1ccc(N2CC(C(=O)N3CCC(C)C3)CC2=O)cc1. The molecule has 4 nitrogen and oxygen atoms in total. The van der Waals surface area contributed by atoms with Crippen molar-refractivity contribution in [2.45, 2.75) is 33.1 Å². The Morgan fingerprint density at radius 2 is 1.95 bits per heavy atom. The Bertz CT molecular complexity index is 567. The summed E-state index contributed by atoms with van der Waals surface area (Å²) >= 11 is 0. The van der Waals surface area contributed by atoms with Crippen molar-refractivity contribution in [1.82, 2.24) is 4.90 Å². The van der Waals surface area contributed by atoms with E-state index >= 15 is 0 Å². The minimum absolute atomic E-state index is 0.0647. The first kappa shape index (κ1) is 15.1. The van der Waals surface area contributed by atoms with E-state index < -0.39 is 0 Å². The fraction of sp³-hybridized carbons (Fsp3) is 0.556. The average Bonchev–Trinajstić information content (AvgIpc) is 3.13. The standard InChI is InChI=1S/C18H24N2O2/c1-3-14-4-6-16(7-5-14)20-12-15(10-17(20)21)18(22)19-9-8-13(2)11-19/h4-7,13,15H,3,8-12H2,1-2H3. The van der Waals surface area contributed by atoms with Gasteiger partial charge in [0.2, 0.25) is 11.8 Å². The van der Waals surface area contributed by atoms with E-state index in [1.54, 1.807) is 4.90 Å². The Hall–Kier alpha value is -1.84. The normalized spacial score (nSPS) is 25.1. The highest BCUT2D eigenvalue weighted by atomic mass is 16.2. The summed E-state index contributed by atoms with van der Waals surface area (Å²) in [6.07, 6.45) is 2.41. The van der Waals surface area contributed by atoms with Gasteiger partial charge in [0.05, 0.1) is 5.92 Å². The molecule has 2 amide bonds. The molecule has 2 heterocycles. The molecule has 0 aliphatic carbocycles. The van der Waals surface area contributed by atoms with E-state index in [-0.39, 0.29) is 17.7 Å². The van der Waals surface area contributed by atoms with Gasteiger partial charge in [0, 0.05) is 31.7 Å². The third-order valence-corrected chi connectivity index (χ3v) is 4.87. The highest BCUT2D eigenvalue weighted by molar-refractivity contribution is 6.00. The zero-order valence-electron chi connectivity index (χ0n) is 13.4. The second-order valence-electron chi connectivity index (χ2n) is 6.60. The van der Waals surface area contributed by atoms with Crippen LogP contribution in [-0.4, -0.2) is 36.3 Å². The van der Waals surface area contributed by atoms with Gasteiger partial charge in [-0.15, -0.1) is 0 Å². The van der Waals surface area contributed by atoms with Crippen LogP contribution in [0.3, 0.4) is 0 Å². The molecule has 2 atom stereocenters. The third-order valence-electron chi connectivity index (χ3n) is 4.87.